The van der Waals surface area contributed by atoms with Crippen LogP contribution in [-0.2, 0) is 9.59 Å². The van der Waals surface area contributed by atoms with Crippen molar-refractivity contribution in [1.29, 1.82) is 0 Å². The van der Waals surface area contributed by atoms with Crippen LogP contribution in [0.3, 0.4) is 0 Å². The Morgan fingerprint density at radius 1 is 0.973 bits per heavy atom. The van der Waals surface area contributed by atoms with Crippen molar-refractivity contribution in [1.82, 2.24) is 24.6 Å². The maximum absolute atomic E-state index is 12.9. The molecule has 4 rings (SSSR count). The van der Waals surface area contributed by atoms with Crippen LogP contribution in [-0.4, -0.2) is 67.8 Å². The number of aromatic nitrogens is 3. The third kappa shape index (κ3) is 6.42. The van der Waals surface area contributed by atoms with Gasteiger partial charge in [-0.05, 0) is 45.2 Å². The molecule has 8 heteroatoms. The summed E-state index contributed by atoms with van der Waals surface area (Å²) in [5.41, 5.74) is 4.44. The molecule has 1 fully saturated rings. The van der Waals surface area contributed by atoms with Crippen LogP contribution in [0, 0.1) is 13.8 Å². The molecule has 1 saturated heterocycles. The van der Waals surface area contributed by atoms with Gasteiger partial charge in [0.05, 0.1) is 5.69 Å². The number of piperazine rings is 1. The molecule has 1 aliphatic heterocycles. The molecule has 1 unspecified atom stereocenters. The molecule has 0 bridgehead atoms. The van der Waals surface area contributed by atoms with Crippen LogP contribution in [0.5, 0.6) is 0 Å². The number of nitrogens with zero attached hydrogens (tertiary/aromatic N) is 5. The van der Waals surface area contributed by atoms with Crippen LogP contribution in [0.2, 0.25) is 0 Å². The Balaban J connectivity index is 1.39. The number of para-hydroxylation sites is 1. The van der Waals surface area contributed by atoms with E-state index in [0.717, 1.165) is 46.4 Å². The quantitative estimate of drug-likeness (QED) is 0.284. The summed E-state index contributed by atoms with van der Waals surface area (Å²) in [6, 6.07) is 16.7. The predicted octanol–water partition coefficient (Wildman–Crippen LogP) is 5.28. The van der Waals surface area contributed by atoms with Gasteiger partial charge < -0.3 is 9.80 Å². The summed E-state index contributed by atoms with van der Waals surface area (Å²) in [4.78, 5) is 29.0. The molecular formula is C29H37N5O2S. The Labute approximate surface area is 224 Å². The SMILES string of the molecule is CCCC(=O)N1CCN(C(=O)CCCSc2nnc(-c3ccc(C)cc3)n2-c2ccccc2C)CC1C. The average molecular weight is 520 g/mol. The minimum atomic E-state index is 0.0685. The first-order chi connectivity index (χ1) is 17.9. The number of benzene rings is 2. The monoisotopic (exact) mass is 519 g/mol. The third-order valence-electron chi connectivity index (χ3n) is 6.83. The van der Waals surface area contributed by atoms with E-state index in [9.17, 15) is 9.59 Å². The van der Waals surface area contributed by atoms with E-state index in [1.165, 1.54) is 5.56 Å². The summed E-state index contributed by atoms with van der Waals surface area (Å²) >= 11 is 1.63. The number of amides is 2. The van der Waals surface area contributed by atoms with Gasteiger partial charge in [-0.2, -0.15) is 0 Å². The highest BCUT2D eigenvalue weighted by molar-refractivity contribution is 7.99. The van der Waals surface area contributed by atoms with Gasteiger partial charge in [0.15, 0.2) is 11.0 Å². The first kappa shape index (κ1) is 26.9. The standard InChI is InChI=1S/C29H37N5O2S/c1-5-9-27(36)33-18-17-32(20-23(33)4)26(35)12-8-19-37-29-31-30-28(24-15-13-21(2)14-16-24)34(29)25-11-7-6-10-22(25)3/h6-7,10-11,13-16,23H,5,8-9,12,17-20H2,1-4H3. The average Bonchev–Trinajstić information content (AvgIpc) is 3.30. The summed E-state index contributed by atoms with van der Waals surface area (Å²) in [5.74, 6) is 1.95. The van der Waals surface area contributed by atoms with Crippen molar-refractivity contribution in [2.75, 3.05) is 25.4 Å². The molecule has 0 aliphatic carbocycles. The summed E-state index contributed by atoms with van der Waals surface area (Å²) in [7, 11) is 0. The number of carbonyl (C=O) groups is 2. The van der Waals surface area contributed by atoms with E-state index in [2.05, 4.69) is 65.0 Å². The van der Waals surface area contributed by atoms with Crippen LogP contribution in [0.4, 0.5) is 0 Å². The molecule has 2 heterocycles. The van der Waals surface area contributed by atoms with Crippen LogP contribution in [0.15, 0.2) is 53.7 Å². The van der Waals surface area contributed by atoms with Crippen LogP contribution >= 0.6 is 11.8 Å². The van der Waals surface area contributed by atoms with Gasteiger partial charge in [0.25, 0.3) is 0 Å². The molecule has 1 aliphatic rings. The zero-order chi connectivity index (χ0) is 26.4. The number of carbonyl (C=O) groups excluding carboxylic acids is 2. The van der Waals surface area contributed by atoms with Crippen molar-refractivity contribution in [3.63, 3.8) is 0 Å². The number of hydrogen-bond acceptors (Lipinski definition) is 5. The molecule has 1 atom stereocenters. The topological polar surface area (TPSA) is 71.3 Å². The summed E-state index contributed by atoms with van der Waals surface area (Å²) in [6.45, 7) is 10.1. The second-order valence-electron chi connectivity index (χ2n) is 9.77. The van der Waals surface area contributed by atoms with Crippen molar-refractivity contribution in [2.45, 2.75) is 64.6 Å². The Morgan fingerprint density at radius 2 is 1.73 bits per heavy atom. The Morgan fingerprint density at radius 3 is 2.43 bits per heavy atom. The molecule has 2 aromatic carbocycles. The number of aryl methyl sites for hydroxylation is 2. The third-order valence-corrected chi connectivity index (χ3v) is 7.85. The highest BCUT2D eigenvalue weighted by Crippen LogP contribution is 2.30. The maximum atomic E-state index is 12.9. The molecule has 0 radical (unpaired) electrons. The predicted molar refractivity (Wildman–Crippen MR) is 149 cm³/mol. The summed E-state index contributed by atoms with van der Waals surface area (Å²) in [6.07, 6.45) is 2.68. The van der Waals surface area contributed by atoms with Crippen molar-refractivity contribution in [2.24, 2.45) is 0 Å². The van der Waals surface area contributed by atoms with Gasteiger partial charge >= 0.3 is 0 Å². The number of hydrogen-bond donors (Lipinski definition) is 0. The van der Waals surface area contributed by atoms with E-state index < -0.39 is 0 Å². The zero-order valence-electron chi connectivity index (χ0n) is 22.3. The largest absolute Gasteiger partial charge is 0.339 e. The molecule has 37 heavy (non-hydrogen) atoms. The Bertz CT molecular complexity index is 1220. The fourth-order valence-corrected chi connectivity index (χ4v) is 5.63. The smallest absolute Gasteiger partial charge is 0.222 e. The van der Waals surface area contributed by atoms with E-state index in [-0.39, 0.29) is 17.9 Å². The highest BCUT2D eigenvalue weighted by atomic mass is 32.2. The second-order valence-corrected chi connectivity index (χ2v) is 10.8. The van der Waals surface area contributed by atoms with Crippen LogP contribution in [0.25, 0.3) is 17.1 Å². The first-order valence-electron chi connectivity index (χ1n) is 13.2. The van der Waals surface area contributed by atoms with Gasteiger partial charge in [-0.3, -0.25) is 14.2 Å². The molecule has 0 N–H and O–H groups in total. The fourth-order valence-electron chi connectivity index (χ4n) is 4.74. The van der Waals surface area contributed by atoms with E-state index in [1.807, 2.05) is 35.8 Å². The van der Waals surface area contributed by atoms with Gasteiger partial charge in [0.1, 0.15) is 0 Å². The van der Waals surface area contributed by atoms with Crippen molar-refractivity contribution >= 4 is 23.6 Å². The summed E-state index contributed by atoms with van der Waals surface area (Å²) < 4.78 is 2.13. The molecule has 1 aromatic heterocycles. The Kier molecular flexibility index (Phi) is 9.03. The molecule has 0 saturated carbocycles. The Hall–Kier alpha value is -3.13. The van der Waals surface area contributed by atoms with E-state index >= 15 is 0 Å². The van der Waals surface area contributed by atoms with Crippen LogP contribution in [0.1, 0.15) is 50.7 Å². The van der Waals surface area contributed by atoms with E-state index in [0.29, 0.717) is 32.5 Å². The molecule has 2 amide bonds. The minimum Gasteiger partial charge on any atom is -0.339 e. The van der Waals surface area contributed by atoms with E-state index in [1.54, 1.807) is 11.8 Å². The molecular weight excluding hydrogens is 482 g/mol. The molecule has 7 nitrogen and oxygen atoms in total. The fraction of sp³-hybridized carbons (Fsp3) is 0.448. The van der Waals surface area contributed by atoms with Gasteiger partial charge in [-0.15, -0.1) is 10.2 Å². The van der Waals surface area contributed by atoms with Crippen molar-refractivity contribution in [3.05, 3.63) is 59.7 Å². The molecule has 3 aromatic rings. The second kappa shape index (κ2) is 12.4. The lowest BCUT2D eigenvalue weighted by Crippen LogP contribution is -2.55. The number of rotatable bonds is 9. The molecule has 196 valence electrons. The highest BCUT2D eigenvalue weighted by Gasteiger charge is 2.29. The van der Waals surface area contributed by atoms with Crippen molar-refractivity contribution in [3.8, 4) is 17.1 Å². The minimum absolute atomic E-state index is 0.0685. The van der Waals surface area contributed by atoms with E-state index in [4.69, 9.17) is 0 Å². The maximum Gasteiger partial charge on any atom is 0.222 e. The van der Waals surface area contributed by atoms with Gasteiger partial charge in [0.2, 0.25) is 11.8 Å². The van der Waals surface area contributed by atoms with Crippen molar-refractivity contribution < 1.29 is 9.59 Å². The number of thioether (sulfide) groups is 1. The molecule has 0 spiro atoms. The van der Waals surface area contributed by atoms with Gasteiger partial charge in [0, 0.05) is 49.8 Å². The lowest BCUT2D eigenvalue weighted by Gasteiger charge is -2.40. The van der Waals surface area contributed by atoms with Gasteiger partial charge in [-0.25, -0.2) is 0 Å². The summed E-state index contributed by atoms with van der Waals surface area (Å²) in [5, 5.41) is 9.91. The van der Waals surface area contributed by atoms with Gasteiger partial charge in [-0.1, -0.05) is 66.7 Å². The lowest BCUT2D eigenvalue weighted by molar-refractivity contribution is -0.142. The lowest BCUT2D eigenvalue weighted by atomic mass is 10.1. The first-order valence-corrected chi connectivity index (χ1v) is 14.2. The normalized spacial score (nSPS) is 15.7. The zero-order valence-corrected chi connectivity index (χ0v) is 23.1. The van der Waals surface area contributed by atoms with Crippen LogP contribution < -0.4 is 0 Å².